The monoisotopic (exact) mass is 238 g/mol. The molecule has 1 aliphatic carbocycles. The Morgan fingerprint density at radius 2 is 1.88 bits per heavy atom. The van der Waals surface area contributed by atoms with Crippen molar-refractivity contribution in [3.05, 3.63) is 0 Å². The van der Waals surface area contributed by atoms with Gasteiger partial charge in [-0.2, -0.15) is 0 Å². The molecule has 1 saturated carbocycles. The third-order valence-corrected chi connectivity index (χ3v) is 4.59. The van der Waals surface area contributed by atoms with E-state index in [-0.39, 0.29) is 0 Å². The van der Waals surface area contributed by atoms with E-state index < -0.39 is 0 Å². The van der Waals surface area contributed by atoms with Crippen LogP contribution in [0, 0.1) is 17.8 Å². The maximum atomic E-state index is 3.54. The van der Waals surface area contributed by atoms with Gasteiger partial charge in [-0.05, 0) is 43.7 Å². The van der Waals surface area contributed by atoms with Crippen molar-refractivity contribution in [3.63, 3.8) is 0 Å². The van der Waals surface area contributed by atoms with E-state index in [1.165, 1.54) is 51.9 Å². The molecule has 2 fully saturated rings. The number of hydrogen-bond acceptors (Lipinski definition) is 2. The molecule has 100 valence electrons. The molecule has 0 spiro atoms. The van der Waals surface area contributed by atoms with Gasteiger partial charge in [-0.1, -0.05) is 33.6 Å². The van der Waals surface area contributed by atoms with E-state index in [1.807, 2.05) is 0 Å². The van der Waals surface area contributed by atoms with Crippen LogP contribution in [0.4, 0.5) is 0 Å². The van der Waals surface area contributed by atoms with Gasteiger partial charge in [-0.15, -0.1) is 0 Å². The highest BCUT2D eigenvalue weighted by molar-refractivity contribution is 4.85. The van der Waals surface area contributed by atoms with Crippen LogP contribution in [0.1, 0.15) is 46.5 Å². The Hall–Kier alpha value is -0.0800. The van der Waals surface area contributed by atoms with Crippen molar-refractivity contribution in [2.24, 2.45) is 17.8 Å². The summed E-state index contributed by atoms with van der Waals surface area (Å²) in [5.74, 6) is 2.56. The predicted molar refractivity (Wildman–Crippen MR) is 74.2 cm³/mol. The average molecular weight is 238 g/mol. The van der Waals surface area contributed by atoms with E-state index in [0.717, 1.165) is 23.8 Å². The maximum Gasteiger partial charge on any atom is 0.00954 e. The highest BCUT2D eigenvalue weighted by Gasteiger charge is 2.29. The van der Waals surface area contributed by atoms with Crippen LogP contribution >= 0.6 is 0 Å². The fraction of sp³-hybridized carbons (Fsp3) is 1.00. The third-order valence-electron chi connectivity index (χ3n) is 4.59. The molecule has 17 heavy (non-hydrogen) atoms. The molecule has 2 rings (SSSR count). The minimum absolute atomic E-state index is 0.806. The molecule has 0 aromatic carbocycles. The summed E-state index contributed by atoms with van der Waals surface area (Å²) in [7, 11) is 0. The summed E-state index contributed by atoms with van der Waals surface area (Å²) in [5.41, 5.74) is 0. The van der Waals surface area contributed by atoms with Crippen LogP contribution in [-0.4, -0.2) is 37.1 Å². The van der Waals surface area contributed by atoms with Gasteiger partial charge in [-0.25, -0.2) is 0 Å². The lowest BCUT2D eigenvalue weighted by molar-refractivity contribution is 0.143. The minimum Gasteiger partial charge on any atom is -0.316 e. The van der Waals surface area contributed by atoms with Crippen LogP contribution in [0.15, 0.2) is 0 Å². The Bertz CT molecular complexity index is 221. The molecular formula is C15H30N2. The topological polar surface area (TPSA) is 15.3 Å². The lowest BCUT2D eigenvalue weighted by atomic mass is 9.96. The second-order valence-corrected chi connectivity index (χ2v) is 6.68. The molecule has 1 saturated heterocycles. The minimum atomic E-state index is 0.806. The summed E-state index contributed by atoms with van der Waals surface area (Å²) in [6, 6.07) is 0.894. The van der Waals surface area contributed by atoms with Crippen molar-refractivity contribution in [1.82, 2.24) is 10.2 Å². The van der Waals surface area contributed by atoms with E-state index in [0.29, 0.717) is 0 Å². The zero-order chi connectivity index (χ0) is 12.3. The van der Waals surface area contributed by atoms with Crippen molar-refractivity contribution in [1.29, 1.82) is 0 Å². The van der Waals surface area contributed by atoms with Crippen molar-refractivity contribution in [2.45, 2.75) is 52.5 Å². The second-order valence-electron chi connectivity index (χ2n) is 6.68. The highest BCUT2D eigenvalue weighted by Crippen LogP contribution is 2.27. The van der Waals surface area contributed by atoms with Gasteiger partial charge < -0.3 is 5.32 Å². The summed E-state index contributed by atoms with van der Waals surface area (Å²) in [4.78, 5) is 2.81. The number of nitrogens with one attached hydrogen (secondary N) is 1. The van der Waals surface area contributed by atoms with Crippen LogP contribution in [-0.2, 0) is 0 Å². The van der Waals surface area contributed by atoms with Gasteiger partial charge in [0.1, 0.15) is 0 Å². The summed E-state index contributed by atoms with van der Waals surface area (Å²) in [6.45, 7) is 12.2. The fourth-order valence-electron chi connectivity index (χ4n) is 3.52. The molecule has 2 atom stereocenters. The number of nitrogens with zero attached hydrogens (tertiary/aromatic N) is 1. The van der Waals surface area contributed by atoms with Crippen molar-refractivity contribution in [2.75, 3.05) is 26.2 Å². The van der Waals surface area contributed by atoms with E-state index in [2.05, 4.69) is 31.0 Å². The van der Waals surface area contributed by atoms with Gasteiger partial charge in [0.25, 0.3) is 0 Å². The van der Waals surface area contributed by atoms with Crippen LogP contribution < -0.4 is 5.32 Å². The Labute approximate surface area is 107 Å². The molecule has 0 unspecified atom stereocenters. The molecule has 2 aliphatic rings. The van der Waals surface area contributed by atoms with Crippen LogP contribution in [0.25, 0.3) is 0 Å². The standard InChI is InChI=1S/C15H30N2/c1-12(2)10-17(15-6-4-5-7-15)11-14-9-16-8-13(14)3/h12-16H,4-11H2,1-3H3/t13-,14+/m1/s1. The van der Waals surface area contributed by atoms with Gasteiger partial charge in [0.05, 0.1) is 0 Å². The first-order valence-corrected chi connectivity index (χ1v) is 7.61. The second kappa shape index (κ2) is 6.19. The first kappa shape index (κ1) is 13.4. The maximum absolute atomic E-state index is 3.54. The Kier molecular flexibility index (Phi) is 4.87. The van der Waals surface area contributed by atoms with Crippen molar-refractivity contribution >= 4 is 0 Å². The van der Waals surface area contributed by atoms with E-state index in [1.54, 1.807) is 0 Å². The van der Waals surface area contributed by atoms with Crippen LogP contribution in [0.3, 0.4) is 0 Å². The smallest absolute Gasteiger partial charge is 0.00954 e. The largest absolute Gasteiger partial charge is 0.316 e. The molecule has 0 aromatic rings. The zero-order valence-electron chi connectivity index (χ0n) is 11.9. The normalized spacial score (nSPS) is 30.9. The molecule has 1 heterocycles. The summed E-state index contributed by atoms with van der Waals surface area (Å²) >= 11 is 0. The molecule has 0 bridgehead atoms. The Morgan fingerprint density at radius 1 is 1.18 bits per heavy atom. The third kappa shape index (κ3) is 3.69. The lowest BCUT2D eigenvalue weighted by Crippen LogP contribution is -2.41. The Morgan fingerprint density at radius 3 is 2.41 bits per heavy atom. The SMILES string of the molecule is CC(C)CN(C[C@@H]1CNC[C@H]1C)C1CCCC1. The van der Waals surface area contributed by atoms with Gasteiger partial charge in [-0.3, -0.25) is 4.90 Å². The first-order valence-electron chi connectivity index (χ1n) is 7.61. The van der Waals surface area contributed by atoms with Crippen LogP contribution in [0.2, 0.25) is 0 Å². The Balaban J connectivity index is 1.89. The quantitative estimate of drug-likeness (QED) is 0.792. The van der Waals surface area contributed by atoms with E-state index in [4.69, 9.17) is 0 Å². The molecule has 0 radical (unpaired) electrons. The fourth-order valence-corrected chi connectivity index (χ4v) is 3.52. The summed E-state index contributed by atoms with van der Waals surface area (Å²) in [6.07, 6.45) is 5.80. The lowest BCUT2D eigenvalue weighted by Gasteiger charge is -2.33. The molecule has 0 amide bonds. The molecule has 0 aromatic heterocycles. The summed E-state index contributed by atoms with van der Waals surface area (Å²) in [5, 5.41) is 3.54. The van der Waals surface area contributed by atoms with Crippen LogP contribution in [0.5, 0.6) is 0 Å². The predicted octanol–water partition coefficient (Wildman–Crippen LogP) is 2.74. The van der Waals surface area contributed by atoms with Gasteiger partial charge in [0, 0.05) is 19.1 Å². The molecule has 2 heteroatoms. The van der Waals surface area contributed by atoms with Crippen molar-refractivity contribution in [3.8, 4) is 0 Å². The van der Waals surface area contributed by atoms with Gasteiger partial charge >= 0.3 is 0 Å². The highest BCUT2D eigenvalue weighted by atomic mass is 15.2. The number of rotatable bonds is 5. The van der Waals surface area contributed by atoms with E-state index in [9.17, 15) is 0 Å². The van der Waals surface area contributed by atoms with Gasteiger partial charge in [0.15, 0.2) is 0 Å². The first-order chi connectivity index (χ1) is 8.16. The zero-order valence-corrected chi connectivity index (χ0v) is 11.9. The summed E-state index contributed by atoms with van der Waals surface area (Å²) < 4.78 is 0. The van der Waals surface area contributed by atoms with Gasteiger partial charge in [0.2, 0.25) is 0 Å². The molecule has 2 nitrogen and oxygen atoms in total. The number of hydrogen-bond donors (Lipinski definition) is 1. The molecule has 1 N–H and O–H groups in total. The molecule has 1 aliphatic heterocycles. The average Bonchev–Trinajstić information content (AvgIpc) is 2.89. The van der Waals surface area contributed by atoms with Crippen molar-refractivity contribution < 1.29 is 0 Å². The van der Waals surface area contributed by atoms with E-state index >= 15 is 0 Å². The molecular weight excluding hydrogens is 208 g/mol.